The number of hydrazine groups is 1. The van der Waals surface area contributed by atoms with Gasteiger partial charge in [-0.15, -0.1) is 5.10 Å². The van der Waals surface area contributed by atoms with Gasteiger partial charge in [-0.25, -0.2) is 5.43 Å². The molecular formula is C11H14IN5. The number of aromatic nitrogens is 3. The van der Waals surface area contributed by atoms with Crippen LogP contribution in [0.1, 0.15) is 22.9 Å². The van der Waals surface area contributed by atoms with Crippen LogP contribution in [0.3, 0.4) is 0 Å². The van der Waals surface area contributed by atoms with Gasteiger partial charge in [0.2, 0.25) is 0 Å². The zero-order valence-corrected chi connectivity index (χ0v) is 11.8. The number of nitrogens with two attached hydrogens (primary N) is 1. The average Bonchev–Trinajstić information content (AvgIpc) is 2.72. The van der Waals surface area contributed by atoms with Crippen molar-refractivity contribution in [1.29, 1.82) is 0 Å². The molecule has 1 aromatic carbocycles. The van der Waals surface area contributed by atoms with Crippen LogP contribution in [0, 0.1) is 10.5 Å². The van der Waals surface area contributed by atoms with E-state index in [9.17, 15) is 0 Å². The summed E-state index contributed by atoms with van der Waals surface area (Å²) in [6.45, 7) is 2.08. The highest BCUT2D eigenvalue weighted by molar-refractivity contribution is 14.1. The third kappa shape index (κ3) is 2.33. The quantitative estimate of drug-likeness (QED) is 0.501. The number of aryl methyl sites for hydroxylation is 2. The van der Waals surface area contributed by atoms with Crippen LogP contribution in [-0.4, -0.2) is 15.0 Å². The molecular weight excluding hydrogens is 329 g/mol. The molecule has 2 aromatic rings. The standard InChI is InChI=1S/C11H14IN5/c1-7-4-3-5-8(10(7)12)11(15-13)9-6-14-16-17(9)2/h3-6,11,15H,13H2,1-2H3. The van der Waals surface area contributed by atoms with Crippen LogP contribution in [0.15, 0.2) is 24.4 Å². The van der Waals surface area contributed by atoms with Gasteiger partial charge in [0.25, 0.3) is 0 Å². The Balaban J connectivity index is 2.50. The van der Waals surface area contributed by atoms with Gasteiger partial charge in [-0.3, -0.25) is 10.5 Å². The summed E-state index contributed by atoms with van der Waals surface area (Å²) in [4.78, 5) is 0. The Kier molecular flexibility index (Phi) is 3.75. The lowest BCUT2D eigenvalue weighted by atomic mass is 10.0. The van der Waals surface area contributed by atoms with Crippen molar-refractivity contribution in [2.24, 2.45) is 12.9 Å². The van der Waals surface area contributed by atoms with E-state index in [1.807, 2.05) is 13.1 Å². The van der Waals surface area contributed by atoms with E-state index in [2.05, 4.69) is 57.4 Å². The van der Waals surface area contributed by atoms with Gasteiger partial charge >= 0.3 is 0 Å². The monoisotopic (exact) mass is 343 g/mol. The molecule has 3 N–H and O–H groups in total. The van der Waals surface area contributed by atoms with E-state index in [0.717, 1.165) is 11.3 Å². The van der Waals surface area contributed by atoms with Gasteiger partial charge in [0.05, 0.1) is 17.9 Å². The molecule has 1 heterocycles. The molecule has 0 saturated carbocycles. The molecule has 0 aliphatic carbocycles. The highest BCUT2D eigenvalue weighted by Crippen LogP contribution is 2.26. The summed E-state index contributed by atoms with van der Waals surface area (Å²) in [6.07, 6.45) is 1.73. The molecule has 0 bridgehead atoms. The first-order valence-electron chi connectivity index (χ1n) is 5.21. The Labute approximate surface area is 114 Å². The minimum Gasteiger partial charge on any atom is -0.271 e. The summed E-state index contributed by atoms with van der Waals surface area (Å²) in [5.74, 6) is 5.66. The van der Waals surface area contributed by atoms with Crippen molar-refractivity contribution >= 4 is 22.6 Å². The van der Waals surface area contributed by atoms with Gasteiger partial charge in [0.1, 0.15) is 0 Å². The zero-order valence-electron chi connectivity index (χ0n) is 9.68. The van der Waals surface area contributed by atoms with Crippen LogP contribution in [0.5, 0.6) is 0 Å². The second-order valence-corrected chi connectivity index (χ2v) is 4.94. The number of hydrogen-bond donors (Lipinski definition) is 2. The van der Waals surface area contributed by atoms with Crippen LogP contribution >= 0.6 is 22.6 Å². The van der Waals surface area contributed by atoms with Crippen molar-refractivity contribution in [1.82, 2.24) is 20.4 Å². The first kappa shape index (κ1) is 12.5. The van der Waals surface area contributed by atoms with Crippen molar-refractivity contribution in [3.8, 4) is 0 Å². The van der Waals surface area contributed by atoms with Crippen LogP contribution in [0.2, 0.25) is 0 Å². The van der Waals surface area contributed by atoms with Crippen molar-refractivity contribution in [3.63, 3.8) is 0 Å². The van der Waals surface area contributed by atoms with Crippen molar-refractivity contribution in [2.75, 3.05) is 0 Å². The molecule has 2 rings (SSSR count). The SMILES string of the molecule is Cc1cccc(C(NN)c2cnnn2C)c1I. The number of halogens is 1. The van der Waals surface area contributed by atoms with Gasteiger partial charge in [-0.05, 0) is 40.6 Å². The number of nitrogens with zero attached hydrogens (tertiary/aromatic N) is 3. The van der Waals surface area contributed by atoms with E-state index < -0.39 is 0 Å². The lowest BCUT2D eigenvalue weighted by molar-refractivity contribution is 0.568. The van der Waals surface area contributed by atoms with Gasteiger partial charge in [-0.2, -0.15) is 0 Å². The van der Waals surface area contributed by atoms with E-state index in [4.69, 9.17) is 5.84 Å². The average molecular weight is 343 g/mol. The minimum absolute atomic E-state index is 0.0956. The maximum Gasteiger partial charge on any atom is 0.0904 e. The van der Waals surface area contributed by atoms with Gasteiger partial charge in [-0.1, -0.05) is 23.4 Å². The number of hydrogen-bond acceptors (Lipinski definition) is 4. The molecule has 0 aliphatic rings. The molecule has 5 nitrogen and oxygen atoms in total. The maximum atomic E-state index is 5.66. The van der Waals surface area contributed by atoms with E-state index >= 15 is 0 Å². The van der Waals surface area contributed by atoms with Crippen LogP contribution in [0.4, 0.5) is 0 Å². The van der Waals surface area contributed by atoms with E-state index in [1.165, 1.54) is 9.13 Å². The smallest absolute Gasteiger partial charge is 0.0904 e. The first-order chi connectivity index (χ1) is 8.15. The Morgan fingerprint density at radius 2 is 2.24 bits per heavy atom. The molecule has 0 radical (unpaired) electrons. The van der Waals surface area contributed by atoms with E-state index in [1.54, 1.807) is 10.9 Å². The molecule has 1 unspecified atom stereocenters. The molecule has 1 aromatic heterocycles. The second kappa shape index (κ2) is 5.11. The van der Waals surface area contributed by atoms with Gasteiger partial charge in [0, 0.05) is 10.6 Å². The molecule has 0 spiro atoms. The summed E-state index contributed by atoms with van der Waals surface area (Å²) >= 11 is 2.33. The minimum atomic E-state index is -0.0956. The van der Waals surface area contributed by atoms with Gasteiger partial charge < -0.3 is 0 Å². The molecule has 1 atom stereocenters. The molecule has 0 aliphatic heterocycles. The Morgan fingerprint density at radius 3 is 2.82 bits per heavy atom. The second-order valence-electron chi connectivity index (χ2n) is 3.86. The normalized spacial score (nSPS) is 12.7. The topological polar surface area (TPSA) is 68.8 Å². The Bertz CT molecular complexity index is 522. The Morgan fingerprint density at radius 1 is 1.47 bits per heavy atom. The largest absolute Gasteiger partial charge is 0.271 e. The first-order valence-corrected chi connectivity index (χ1v) is 6.28. The predicted molar refractivity (Wildman–Crippen MR) is 74.1 cm³/mol. The highest BCUT2D eigenvalue weighted by atomic mass is 127. The fraction of sp³-hybridized carbons (Fsp3) is 0.273. The molecule has 90 valence electrons. The molecule has 0 fully saturated rings. The van der Waals surface area contributed by atoms with Crippen LogP contribution < -0.4 is 11.3 Å². The summed E-state index contributed by atoms with van der Waals surface area (Å²) in [5.41, 5.74) is 6.14. The Hall–Kier alpha value is -0.990. The third-order valence-corrected chi connectivity index (χ3v) is 4.22. The number of benzene rings is 1. The van der Waals surface area contributed by atoms with Crippen molar-refractivity contribution in [2.45, 2.75) is 13.0 Å². The maximum absolute atomic E-state index is 5.66. The van der Waals surface area contributed by atoms with E-state index in [0.29, 0.717) is 0 Å². The van der Waals surface area contributed by atoms with Crippen LogP contribution in [-0.2, 0) is 7.05 Å². The van der Waals surface area contributed by atoms with Crippen molar-refractivity contribution < 1.29 is 0 Å². The number of rotatable bonds is 3. The zero-order chi connectivity index (χ0) is 12.4. The highest BCUT2D eigenvalue weighted by Gasteiger charge is 2.19. The predicted octanol–water partition coefficient (Wildman–Crippen LogP) is 1.28. The summed E-state index contributed by atoms with van der Waals surface area (Å²) in [6, 6.07) is 6.08. The molecule has 6 heteroatoms. The van der Waals surface area contributed by atoms with Crippen LogP contribution in [0.25, 0.3) is 0 Å². The molecule has 0 amide bonds. The molecule has 17 heavy (non-hydrogen) atoms. The van der Waals surface area contributed by atoms with Gasteiger partial charge in [0.15, 0.2) is 0 Å². The summed E-state index contributed by atoms with van der Waals surface area (Å²) in [5, 5.41) is 7.81. The van der Waals surface area contributed by atoms with Crippen molar-refractivity contribution in [3.05, 3.63) is 44.8 Å². The summed E-state index contributed by atoms with van der Waals surface area (Å²) < 4.78 is 2.93. The fourth-order valence-electron chi connectivity index (χ4n) is 1.79. The van der Waals surface area contributed by atoms with E-state index in [-0.39, 0.29) is 6.04 Å². The summed E-state index contributed by atoms with van der Waals surface area (Å²) in [7, 11) is 1.86. The number of nitrogens with one attached hydrogen (secondary N) is 1. The third-order valence-electron chi connectivity index (χ3n) is 2.74. The fourth-order valence-corrected chi connectivity index (χ4v) is 2.46. The lowest BCUT2D eigenvalue weighted by Crippen LogP contribution is -2.31. The lowest BCUT2D eigenvalue weighted by Gasteiger charge is -2.18. The molecule has 0 saturated heterocycles.